The molecule has 3 aliphatic carbocycles. The molecule has 1 heterocycles. The van der Waals surface area contributed by atoms with Crippen LogP contribution in [0.4, 0.5) is 0 Å². The molecule has 3 N–H and O–H groups in total. The van der Waals surface area contributed by atoms with Gasteiger partial charge in [-0.2, -0.15) is 0 Å². The number of piperidine rings is 1. The van der Waals surface area contributed by atoms with Crippen molar-refractivity contribution < 1.29 is 19.8 Å². The molecule has 0 aromatic heterocycles. The van der Waals surface area contributed by atoms with Crippen molar-refractivity contribution >= 4 is 11.9 Å². The molecule has 4 fully saturated rings. The Hall–Kier alpha value is -1.10. The van der Waals surface area contributed by atoms with Gasteiger partial charge in [-0.05, 0) is 74.7 Å². The lowest BCUT2D eigenvalue weighted by atomic mass is 9.64. The summed E-state index contributed by atoms with van der Waals surface area (Å²) in [6.45, 7) is 1.10. The molecule has 3 saturated carbocycles. The fourth-order valence-corrected chi connectivity index (χ4v) is 6.13. The highest BCUT2D eigenvalue weighted by atomic mass is 16.4. The first kappa shape index (κ1) is 14.5. The van der Waals surface area contributed by atoms with Gasteiger partial charge in [-0.15, -0.1) is 0 Å². The van der Waals surface area contributed by atoms with Crippen molar-refractivity contribution in [3.8, 4) is 0 Å². The van der Waals surface area contributed by atoms with Crippen LogP contribution in [-0.2, 0) is 9.59 Å². The zero-order valence-electron chi connectivity index (χ0n) is 12.8. The topological polar surface area (TPSA) is 86.6 Å². The van der Waals surface area contributed by atoms with Crippen LogP contribution in [0, 0.1) is 41.4 Å². The fourth-order valence-electron chi connectivity index (χ4n) is 6.13. The van der Waals surface area contributed by atoms with Gasteiger partial charge in [0.25, 0.3) is 0 Å². The molecule has 4 rings (SSSR count). The van der Waals surface area contributed by atoms with Crippen LogP contribution in [0.25, 0.3) is 0 Å². The molecule has 122 valence electrons. The molecule has 0 amide bonds. The second-order valence-corrected chi connectivity index (χ2v) is 8.12. The summed E-state index contributed by atoms with van der Waals surface area (Å²) in [4.78, 5) is 23.1. The quantitative estimate of drug-likeness (QED) is 0.740. The predicted octanol–water partition coefficient (Wildman–Crippen LogP) is 1.82. The Balaban J connectivity index is 1.53. The normalized spacial score (nSPS) is 50.0. The lowest BCUT2D eigenvalue weighted by molar-refractivity contribution is -0.148. The van der Waals surface area contributed by atoms with Crippen LogP contribution in [0.2, 0.25) is 0 Å². The number of carbonyl (C=O) groups is 2. The fraction of sp³-hybridized carbons (Fsp3) is 0.882. The number of hydrogen-bond donors (Lipinski definition) is 3. The van der Waals surface area contributed by atoms with Gasteiger partial charge >= 0.3 is 11.9 Å². The van der Waals surface area contributed by atoms with Gasteiger partial charge in [0.15, 0.2) is 0 Å². The number of fused-ring (bicyclic) bond motifs is 3. The van der Waals surface area contributed by atoms with E-state index in [1.165, 1.54) is 12.8 Å². The highest BCUT2D eigenvalue weighted by Gasteiger charge is 2.52. The van der Waals surface area contributed by atoms with Crippen molar-refractivity contribution in [1.82, 2.24) is 5.32 Å². The van der Waals surface area contributed by atoms with Crippen LogP contribution in [0.5, 0.6) is 0 Å². The van der Waals surface area contributed by atoms with Crippen molar-refractivity contribution in [2.24, 2.45) is 41.4 Å². The average Bonchev–Trinajstić information content (AvgIpc) is 3.19. The predicted molar refractivity (Wildman–Crippen MR) is 79.2 cm³/mol. The van der Waals surface area contributed by atoms with Gasteiger partial charge in [-0.1, -0.05) is 0 Å². The molecule has 2 bridgehead atoms. The van der Waals surface area contributed by atoms with Crippen LogP contribution in [0.15, 0.2) is 0 Å². The molecule has 0 radical (unpaired) electrons. The maximum Gasteiger partial charge on any atom is 0.306 e. The molecule has 4 aliphatic rings. The number of carboxylic acids is 2. The van der Waals surface area contributed by atoms with Crippen LogP contribution >= 0.6 is 0 Å². The van der Waals surface area contributed by atoms with E-state index in [4.69, 9.17) is 0 Å². The molecule has 5 nitrogen and oxygen atoms in total. The summed E-state index contributed by atoms with van der Waals surface area (Å²) in [6, 6.07) is 0.505. The SMILES string of the molecule is O=C(O)C1CC2CC(C(=O)O)C(C3CC4CNC3C4)CC2C1. The van der Waals surface area contributed by atoms with Gasteiger partial charge in [-0.3, -0.25) is 9.59 Å². The van der Waals surface area contributed by atoms with E-state index in [1.54, 1.807) is 0 Å². The van der Waals surface area contributed by atoms with E-state index in [0.717, 1.165) is 25.3 Å². The second kappa shape index (κ2) is 5.22. The van der Waals surface area contributed by atoms with Crippen LogP contribution in [0.3, 0.4) is 0 Å². The molecule has 0 aromatic rings. The highest BCUT2D eigenvalue weighted by Crippen LogP contribution is 2.54. The molecule has 5 heteroatoms. The molecule has 8 atom stereocenters. The Kier molecular flexibility index (Phi) is 3.44. The third-order valence-electron chi connectivity index (χ3n) is 7.08. The molecule has 0 spiro atoms. The molecule has 0 aromatic carbocycles. The van der Waals surface area contributed by atoms with E-state index in [-0.39, 0.29) is 17.8 Å². The first-order valence-electron chi connectivity index (χ1n) is 8.72. The molecule has 1 saturated heterocycles. The minimum Gasteiger partial charge on any atom is -0.481 e. The molecular weight excluding hydrogens is 282 g/mol. The van der Waals surface area contributed by atoms with Crippen molar-refractivity contribution in [1.29, 1.82) is 0 Å². The average molecular weight is 307 g/mol. The first-order valence-corrected chi connectivity index (χ1v) is 8.72. The highest BCUT2D eigenvalue weighted by molar-refractivity contribution is 5.72. The van der Waals surface area contributed by atoms with Crippen molar-refractivity contribution in [2.75, 3.05) is 6.54 Å². The number of nitrogens with one attached hydrogen (secondary N) is 1. The van der Waals surface area contributed by atoms with Crippen LogP contribution < -0.4 is 5.32 Å². The maximum atomic E-state index is 11.8. The summed E-state index contributed by atoms with van der Waals surface area (Å²) in [5, 5.41) is 22.5. The molecule has 8 unspecified atom stereocenters. The third-order valence-corrected chi connectivity index (χ3v) is 7.08. The van der Waals surface area contributed by atoms with Crippen molar-refractivity contribution in [3.05, 3.63) is 0 Å². The first-order chi connectivity index (χ1) is 10.5. The molecule has 22 heavy (non-hydrogen) atoms. The minimum absolute atomic E-state index is 0.245. The molecular formula is C17H25NO4. The van der Waals surface area contributed by atoms with Crippen LogP contribution in [-0.4, -0.2) is 34.7 Å². The van der Waals surface area contributed by atoms with Crippen LogP contribution in [0.1, 0.15) is 38.5 Å². The van der Waals surface area contributed by atoms with Crippen molar-refractivity contribution in [3.63, 3.8) is 0 Å². The standard InChI is InChI=1S/C17H25NO4/c19-16(20)11-3-9-5-12(13-1-8-2-15(13)18-7-8)14(17(21)22)6-10(9)4-11/h8-15,18H,1-7H2,(H,19,20)(H,21,22). The summed E-state index contributed by atoms with van der Waals surface area (Å²) in [6.07, 6.45) is 5.46. The Morgan fingerprint density at radius 2 is 1.55 bits per heavy atom. The Bertz CT molecular complexity index is 493. The lowest BCUT2D eigenvalue weighted by Gasteiger charge is -2.42. The van der Waals surface area contributed by atoms with Crippen molar-refractivity contribution in [2.45, 2.75) is 44.6 Å². The summed E-state index contributed by atoms with van der Waals surface area (Å²) in [5.41, 5.74) is 0. The Morgan fingerprint density at radius 3 is 2.09 bits per heavy atom. The van der Waals surface area contributed by atoms with E-state index in [2.05, 4.69) is 5.32 Å². The Morgan fingerprint density at radius 1 is 0.818 bits per heavy atom. The van der Waals surface area contributed by atoms with Gasteiger partial charge in [0.1, 0.15) is 0 Å². The maximum absolute atomic E-state index is 11.8. The van der Waals surface area contributed by atoms with E-state index < -0.39 is 11.9 Å². The second-order valence-electron chi connectivity index (χ2n) is 8.12. The lowest BCUT2D eigenvalue weighted by Crippen LogP contribution is -2.44. The van der Waals surface area contributed by atoms with E-state index >= 15 is 0 Å². The zero-order chi connectivity index (χ0) is 15.4. The number of aliphatic carboxylic acids is 2. The van der Waals surface area contributed by atoms with Gasteiger partial charge in [0, 0.05) is 6.04 Å². The largest absolute Gasteiger partial charge is 0.481 e. The Labute approximate surface area is 130 Å². The molecule has 1 aliphatic heterocycles. The smallest absolute Gasteiger partial charge is 0.306 e. The minimum atomic E-state index is -0.695. The number of hydrogen-bond acceptors (Lipinski definition) is 3. The van der Waals surface area contributed by atoms with E-state index in [9.17, 15) is 19.8 Å². The summed E-state index contributed by atoms with van der Waals surface area (Å²) >= 11 is 0. The van der Waals surface area contributed by atoms with Gasteiger partial charge in [-0.25, -0.2) is 0 Å². The number of rotatable bonds is 3. The van der Waals surface area contributed by atoms with E-state index in [1.807, 2.05) is 0 Å². The third kappa shape index (κ3) is 2.25. The number of carboxylic acid groups (broad SMARTS) is 2. The monoisotopic (exact) mass is 307 g/mol. The van der Waals surface area contributed by atoms with Gasteiger partial charge in [0.05, 0.1) is 11.8 Å². The van der Waals surface area contributed by atoms with Gasteiger partial charge < -0.3 is 15.5 Å². The van der Waals surface area contributed by atoms with Gasteiger partial charge in [0.2, 0.25) is 0 Å². The summed E-state index contributed by atoms with van der Waals surface area (Å²) < 4.78 is 0. The zero-order valence-corrected chi connectivity index (χ0v) is 12.8. The summed E-state index contributed by atoms with van der Waals surface area (Å²) in [7, 11) is 0. The van der Waals surface area contributed by atoms with E-state index in [0.29, 0.717) is 36.6 Å². The summed E-state index contributed by atoms with van der Waals surface area (Å²) in [5.74, 6) is 0.341.